The van der Waals surface area contributed by atoms with Crippen molar-refractivity contribution in [3.63, 3.8) is 0 Å². The highest BCUT2D eigenvalue weighted by molar-refractivity contribution is 5.60. The second kappa shape index (κ2) is 5.21. The van der Waals surface area contributed by atoms with Gasteiger partial charge in [0.25, 0.3) is 12.9 Å². The molecule has 2 aromatic rings. The fourth-order valence-corrected chi connectivity index (χ4v) is 1.52. The third-order valence-corrected chi connectivity index (χ3v) is 2.41. The van der Waals surface area contributed by atoms with Gasteiger partial charge >= 0.3 is 0 Å². The van der Waals surface area contributed by atoms with Crippen molar-refractivity contribution in [2.45, 2.75) is 12.9 Å². The molecule has 0 bridgehead atoms. The molecular formula is C12H8F4N2O. The number of nitrogens with zero attached hydrogens (tertiary/aromatic N) is 2. The molecule has 0 spiro atoms. The molecule has 0 unspecified atom stereocenters. The molecule has 19 heavy (non-hydrogen) atoms. The lowest BCUT2D eigenvalue weighted by molar-refractivity contribution is 0.142. The Kier molecular flexibility index (Phi) is 3.64. The molecule has 7 heteroatoms. The predicted molar refractivity (Wildman–Crippen MR) is 59.0 cm³/mol. The van der Waals surface area contributed by atoms with Gasteiger partial charge in [0.15, 0.2) is 0 Å². The number of rotatable bonds is 3. The summed E-state index contributed by atoms with van der Waals surface area (Å²) in [7, 11) is 0. The molecule has 0 atom stereocenters. The van der Waals surface area contributed by atoms with Crippen molar-refractivity contribution in [1.82, 2.24) is 9.97 Å². The molecule has 0 fully saturated rings. The van der Waals surface area contributed by atoms with E-state index in [2.05, 4.69) is 9.97 Å². The molecule has 0 aliphatic heterocycles. The first kappa shape index (κ1) is 13.3. The van der Waals surface area contributed by atoms with Crippen molar-refractivity contribution in [3.05, 3.63) is 41.9 Å². The second-order valence-electron chi connectivity index (χ2n) is 3.67. The molecule has 0 radical (unpaired) electrons. The van der Waals surface area contributed by atoms with Crippen molar-refractivity contribution in [2.75, 3.05) is 0 Å². The SMILES string of the molecule is Oc1ccc(-c2ccnc(C(F)F)c2)nc1C(F)F. The molecule has 0 aromatic carbocycles. The quantitative estimate of drug-likeness (QED) is 0.866. The Morgan fingerprint density at radius 2 is 1.74 bits per heavy atom. The van der Waals surface area contributed by atoms with E-state index < -0.39 is 30.0 Å². The fourth-order valence-electron chi connectivity index (χ4n) is 1.52. The third kappa shape index (κ3) is 2.81. The molecule has 2 rings (SSSR count). The topological polar surface area (TPSA) is 46.0 Å². The second-order valence-corrected chi connectivity index (χ2v) is 3.67. The van der Waals surface area contributed by atoms with Gasteiger partial charge in [0.2, 0.25) is 0 Å². The van der Waals surface area contributed by atoms with E-state index in [0.29, 0.717) is 0 Å². The summed E-state index contributed by atoms with van der Waals surface area (Å²) in [6, 6.07) is 4.76. The average Bonchev–Trinajstić information content (AvgIpc) is 2.39. The highest BCUT2D eigenvalue weighted by Crippen LogP contribution is 2.30. The number of alkyl halides is 4. The van der Waals surface area contributed by atoms with Gasteiger partial charge in [-0.05, 0) is 24.3 Å². The van der Waals surface area contributed by atoms with Crippen LogP contribution in [-0.4, -0.2) is 15.1 Å². The summed E-state index contributed by atoms with van der Waals surface area (Å²) in [6.07, 6.45) is -4.56. The van der Waals surface area contributed by atoms with Crippen molar-refractivity contribution in [3.8, 4) is 17.0 Å². The van der Waals surface area contributed by atoms with Gasteiger partial charge in [-0.3, -0.25) is 4.98 Å². The number of halogens is 4. The highest BCUT2D eigenvalue weighted by Gasteiger charge is 2.16. The van der Waals surface area contributed by atoms with Crippen LogP contribution in [0.15, 0.2) is 30.5 Å². The van der Waals surface area contributed by atoms with Crippen molar-refractivity contribution in [1.29, 1.82) is 0 Å². The lowest BCUT2D eigenvalue weighted by Gasteiger charge is -2.07. The standard InChI is InChI=1S/C12H8F4N2O/c13-11(14)8-5-6(3-4-17-8)7-1-2-9(19)10(18-7)12(15)16/h1-5,11-12,19H. The zero-order chi connectivity index (χ0) is 14.0. The smallest absolute Gasteiger partial charge is 0.284 e. The molecular weight excluding hydrogens is 264 g/mol. The Hall–Kier alpha value is -2.18. The van der Waals surface area contributed by atoms with Gasteiger partial charge in [0.1, 0.15) is 17.1 Å². The first-order valence-corrected chi connectivity index (χ1v) is 5.21. The summed E-state index contributed by atoms with van der Waals surface area (Å²) < 4.78 is 50.1. The largest absolute Gasteiger partial charge is 0.506 e. The Labute approximate surface area is 105 Å². The number of aromatic nitrogens is 2. The Morgan fingerprint density at radius 1 is 1.00 bits per heavy atom. The number of hydrogen-bond acceptors (Lipinski definition) is 3. The zero-order valence-corrected chi connectivity index (χ0v) is 9.39. The maximum absolute atomic E-state index is 12.6. The van der Waals surface area contributed by atoms with Crippen LogP contribution in [0, 0.1) is 0 Å². The fraction of sp³-hybridized carbons (Fsp3) is 0.167. The van der Waals surface area contributed by atoms with Gasteiger partial charge < -0.3 is 5.11 Å². The van der Waals surface area contributed by atoms with Crippen LogP contribution in [-0.2, 0) is 0 Å². The highest BCUT2D eigenvalue weighted by atomic mass is 19.3. The minimum absolute atomic E-state index is 0.0670. The first-order valence-electron chi connectivity index (χ1n) is 5.21. The summed E-state index contributed by atoms with van der Waals surface area (Å²) >= 11 is 0. The van der Waals surface area contributed by atoms with E-state index in [1.165, 1.54) is 12.1 Å². The van der Waals surface area contributed by atoms with E-state index in [4.69, 9.17) is 0 Å². The first-order chi connectivity index (χ1) is 8.99. The maximum Gasteiger partial charge on any atom is 0.284 e. The van der Waals surface area contributed by atoms with Crippen LogP contribution >= 0.6 is 0 Å². The third-order valence-electron chi connectivity index (χ3n) is 2.41. The zero-order valence-electron chi connectivity index (χ0n) is 9.39. The van der Waals surface area contributed by atoms with Gasteiger partial charge in [0.05, 0.1) is 5.69 Å². The van der Waals surface area contributed by atoms with Gasteiger partial charge in [-0.1, -0.05) is 0 Å². The van der Waals surface area contributed by atoms with Crippen molar-refractivity contribution in [2.24, 2.45) is 0 Å². The lowest BCUT2D eigenvalue weighted by atomic mass is 10.1. The van der Waals surface area contributed by atoms with Crippen LogP contribution in [0.4, 0.5) is 17.6 Å². The van der Waals surface area contributed by atoms with Crippen LogP contribution in [0.5, 0.6) is 5.75 Å². The number of aromatic hydroxyl groups is 1. The normalized spacial score (nSPS) is 11.3. The molecule has 0 amide bonds. The lowest BCUT2D eigenvalue weighted by Crippen LogP contribution is -1.95. The molecule has 100 valence electrons. The summed E-state index contributed by atoms with van der Waals surface area (Å²) in [5.41, 5.74) is -0.955. The summed E-state index contributed by atoms with van der Waals surface area (Å²) in [5, 5.41) is 9.22. The van der Waals surface area contributed by atoms with E-state index in [1.54, 1.807) is 0 Å². The van der Waals surface area contributed by atoms with Gasteiger partial charge in [0, 0.05) is 11.8 Å². The van der Waals surface area contributed by atoms with Crippen LogP contribution in [0.3, 0.4) is 0 Å². The minimum Gasteiger partial charge on any atom is -0.506 e. The summed E-state index contributed by atoms with van der Waals surface area (Å²) in [6.45, 7) is 0. The molecule has 0 aliphatic carbocycles. The van der Waals surface area contributed by atoms with Gasteiger partial charge in [-0.25, -0.2) is 22.5 Å². The minimum atomic E-state index is -2.95. The van der Waals surface area contributed by atoms with Gasteiger partial charge in [-0.15, -0.1) is 0 Å². The number of hydrogen-bond donors (Lipinski definition) is 1. The molecule has 0 saturated heterocycles. The van der Waals surface area contributed by atoms with Crippen LogP contribution in [0.2, 0.25) is 0 Å². The summed E-state index contributed by atoms with van der Waals surface area (Å²) in [4.78, 5) is 7.03. The van der Waals surface area contributed by atoms with E-state index >= 15 is 0 Å². The van der Waals surface area contributed by atoms with Crippen molar-refractivity contribution >= 4 is 0 Å². The van der Waals surface area contributed by atoms with Gasteiger partial charge in [-0.2, -0.15) is 0 Å². The Balaban J connectivity index is 2.47. The molecule has 2 aromatic heterocycles. The monoisotopic (exact) mass is 272 g/mol. The Bertz CT molecular complexity index is 590. The average molecular weight is 272 g/mol. The predicted octanol–water partition coefficient (Wildman–Crippen LogP) is 3.72. The molecule has 0 saturated carbocycles. The van der Waals surface area contributed by atoms with E-state index in [1.807, 2.05) is 0 Å². The van der Waals surface area contributed by atoms with E-state index in [0.717, 1.165) is 18.3 Å². The van der Waals surface area contributed by atoms with Crippen LogP contribution in [0.25, 0.3) is 11.3 Å². The molecule has 2 heterocycles. The van der Waals surface area contributed by atoms with Crippen molar-refractivity contribution < 1.29 is 22.7 Å². The van der Waals surface area contributed by atoms with E-state index in [-0.39, 0.29) is 11.3 Å². The molecule has 1 N–H and O–H groups in total. The summed E-state index contributed by atoms with van der Waals surface area (Å²) in [5.74, 6) is -0.637. The molecule has 0 aliphatic rings. The maximum atomic E-state index is 12.6. The Morgan fingerprint density at radius 3 is 2.37 bits per heavy atom. The molecule has 3 nitrogen and oxygen atoms in total. The van der Waals surface area contributed by atoms with E-state index in [9.17, 15) is 22.7 Å². The van der Waals surface area contributed by atoms with Crippen LogP contribution < -0.4 is 0 Å². The van der Waals surface area contributed by atoms with Crippen LogP contribution in [0.1, 0.15) is 24.2 Å². The number of pyridine rings is 2.